The highest BCUT2D eigenvalue weighted by atomic mass is 35.5. The number of rotatable bonds is 1. The molecule has 1 heterocycles. The van der Waals surface area contributed by atoms with Crippen molar-refractivity contribution in [3.63, 3.8) is 0 Å². The van der Waals surface area contributed by atoms with Crippen molar-refractivity contribution in [3.8, 4) is 6.07 Å². The molecule has 2 atom stereocenters. The van der Waals surface area contributed by atoms with Crippen LogP contribution in [0.3, 0.4) is 0 Å². The van der Waals surface area contributed by atoms with Crippen LogP contribution in [0.4, 0.5) is 13.2 Å². The summed E-state index contributed by atoms with van der Waals surface area (Å²) in [6, 6.07) is 5.18. The Morgan fingerprint density at radius 2 is 2.04 bits per heavy atom. The molecule has 0 saturated carbocycles. The summed E-state index contributed by atoms with van der Waals surface area (Å²) < 4.78 is 38.7. The minimum Gasteiger partial charge on any atom is -0.294 e. The molecule has 25 heavy (non-hydrogen) atoms. The van der Waals surface area contributed by atoms with Gasteiger partial charge >= 0.3 is 6.18 Å². The molecule has 0 spiro atoms. The predicted molar refractivity (Wildman–Crippen MR) is 87.3 cm³/mol. The van der Waals surface area contributed by atoms with Crippen molar-refractivity contribution in [1.29, 1.82) is 5.26 Å². The zero-order valence-corrected chi connectivity index (χ0v) is 14.1. The molecule has 3 rings (SSSR count). The second kappa shape index (κ2) is 6.30. The molecule has 0 fully saturated rings. The van der Waals surface area contributed by atoms with Gasteiger partial charge < -0.3 is 0 Å². The van der Waals surface area contributed by atoms with E-state index in [0.717, 1.165) is 12.1 Å². The molecule has 1 aliphatic heterocycles. The summed E-state index contributed by atoms with van der Waals surface area (Å²) in [5, 5.41) is 9.46. The fourth-order valence-electron chi connectivity index (χ4n) is 3.46. The number of nitrogens with zero attached hydrogens (tertiary/aromatic N) is 2. The molecule has 1 aromatic rings. The van der Waals surface area contributed by atoms with Crippen LogP contribution in [0, 0.1) is 17.2 Å². The van der Waals surface area contributed by atoms with Gasteiger partial charge in [-0.3, -0.25) is 9.79 Å². The summed E-state index contributed by atoms with van der Waals surface area (Å²) in [5.74, 6) is -1.52. The van der Waals surface area contributed by atoms with Crippen LogP contribution in [0.25, 0.3) is 0 Å². The monoisotopic (exact) mass is 366 g/mol. The molecule has 0 amide bonds. The van der Waals surface area contributed by atoms with Crippen molar-refractivity contribution in [2.75, 3.05) is 0 Å². The third-order valence-electron chi connectivity index (χ3n) is 4.64. The van der Waals surface area contributed by atoms with Crippen LogP contribution in [0.2, 0.25) is 5.02 Å². The van der Waals surface area contributed by atoms with E-state index in [1.807, 2.05) is 0 Å². The van der Waals surface area contributed by atoms with E-state index in [0.29, 0.717) is 41.8 Å². The van der Waals surface area contributed by atoms with Crippen LogP contribution in [-0.2, 0) is 11.0 Å². The number of halogens is 4. The Hall–Kier alpha value is -2.13. The maximum atomic E-state index is 12.9. The smallest absolute Gasteiger partial charge is 0.294 e. The number of aliphatic imine (C=N–C) groups is 1. The van der Waals surface area contributed by atoms with E-state index >= 15 is 0 Å². The Morgan fingerprint density at radius 1 is 1.32 bits per heavy atom. The van der Waals surface area contributed by atoms with E-state index in [-0.39, 0.29) is 10.8 Å². The van der Waals surface area contributed by atoms with Gasteiger partial charge in [0.1, 0.15) is 0 Å². The van der Waals surface area contributed by atoms with E-state index in [1.54, 1.807) is 6.92 Å². The lowest BCUT2D eigenvalue weighted by atomic mass is 9.72. The minimum atomic E-state index is -4.51. The minimum absolute atomic E-state index is 0.0972. The van der Waals surface area contributed by atoms with Crippen molar-refractivity contribution < 1.29 is 18.0 Å². The van der Waals surface area contributed by atoms with Gasteiger partial charge in [0.05, 0.1) is 17.6 Å². The molecule has 0 radical (unpaired) electrons. The van der Waals surface area contributed by atoms with Gasteiger partial charge in [0.2, 0.25) is 0 Å². The van der Waals surface area contributed by atoms with Crippen molar-refractivity contribution in [3.05, 3.63) is 45.6 Å². The maximum absolute atomic E-state index is 12.9. The molecule has 0 bridgehead atoms. The molecule has 130 valence electrons. The lowest BCUT2D eigenvalue weighted by molar-refractivity contribution is -0.137. The molecule has 0 saturated heterocycles. The van der Waals surface area contributed by atoms with Crippen molar-refractivity contribution >= 4 is 23.1 Å². The molecule has 1 aliphatic carbocycles. The summed E-state index contributed by atoms with van der Waals surface area (Å²) in [6.07, 6.45) is -2.86. The molecule has 0 aromatic heterocycles. The molecular formula is C18H14ClF3N2O. The van der Waals surface area contributed by atoms with Crippen molar-refractivity contribution in [2.45, 2.75) is 38.3 Å². The van der Waals surface area contributed by atoms with E-state index in [1.165, 1.54) is 6.07 Å². The highest BCUT2D eigenvalue weighted by Crippen LogP contribution is 2.45. The van der Waals surface area contributed by atoms with Gasteiger partial charge in [0, 0.05) is 34.3 Å². The van der Waals surface area contributed by atoms with E-state index < -0.39 is 23.6 Å². The number of hydrogen-bond acceptors (Lipinski definition) is 3. The summed E-state index contributed by atoms with van der Waals surface area (Å²) in [7, 11) is 0. The highest BCUT2D eigenvalue weighted by Gasteiger charge is 2.40. The van der Waals surface area contributed by atoms with Gasteiger partial charge in [-0.25, -0.2) is 0 Å². The van der Waals surface area contributed by atoms with E-state index in [2.05, 4.69) is 11.1 Å². The average Bonchev–Trinajstić information content (AvgIpc) is 2.53. The molecule has 3 nitrogen and oxygen atoms in total. The first-order chi connectivity index (χ1) is 11.7. The van der Waals surface area contributed by atoms with Crippen LogP contribution in [0.15, 0.2) is 34.5 Å². The van der Waals surface area contributed by atoms with Gasteiger partial charge in [-0.15, -0.1) is 0 Å². The second-order valence-corrected chi connectivity index (χ2v) is 6.62. The first-order valence-electron chi connectivity index (χ1n) is 7.81. The summed E-state index contributed by atoms with van der Waals surface area (Å²) in [5.41, 5.74) is 1.10. The van der Waals surface area contributed by atoms with Crippen LogP contribution < -0.4 is 0 Å². The van der Waals surface area contributed by atoms with Crippen LogP contribution in [0.5, 0.6) is 0 Å². The Labute approximate surface area is 147 Å². The Bertz CT molecular complexity index is 849. The van der Waals surface area contributed by atoms with Crippen molar-refractivity contribution in [2.24, 2.45) is 10.9 Å². The average molecular weight is 367 g/mol. The Balaban J connectivity index is 2.16. The normalized spacial score (nSPS) is 23.8. The van der Waals surface area contributed by atoms with E-state index in [9.17, 15) is 23.2 Å². The van der Waals surface area contributed by atoms with Crippen LogP contribution in [-0.4, -0.2) is 11.5 Å². The largest absolute Gasteiger partial charge is 0.416 e. The standard InChI is InChI=1S/C18H14ClF3N2O/c1-9-12(8-23)16(17-14(24-9)3-2-4-15(17)25)11-6-5-10(7-13(11)19)18(20,21)22/h5-7,12,16H,2-4H2,1H3/t12?,16-/m0/s1. The topological polar surface area (TPSA) is 53.2 Å². The summed E-state index contributed by atoms with van der Waals surface area (Å²) in [4.78, 5) is 16.9. The quantitative estimate of drug-likeness (QED) is 0.697. The fraction of sp³-hybridized carbons (Fsp3) is 0.389. The molecule has 0 N–H and O–H groups in total. The van der Waals surface area contributed by atoms with Gasteiger partial charge in [-0.1, -0.05) is 17.7 Å². The van der Waals surface area contributed by atoms with Gasteiger partial charge in [-0.05, 0) is 37.5 Å². The molecule has 2 aliphatic rings. The Kier molecular flexibility index (Phi) is 4.46. The fourth-order valence-corrected chi connectivity index (χ4v) is 3.76. The number of allylic oxidation sites excluding steroid dienone is 2. The van der Waals surface area contributed by atoms with Crippen molar-refractivity contribution in [1.82, 2.24) is 0 Å². The number of carbonyl (C=O) groups is 1. The highest BCUT2D eigenvalue weighted by molar-refractivity contribution is 6.31. The first kappa shape index (κ1) is 17.7. The van der Waals surface area contributed by atoms with Crippen LogP contribution in [0.1, 0.15) is 43.2 Å². The molecule has 1 unspecified atom stereocenters. The number of alkyl halides is 3. The number of ketones is 1. The third kappa shape index (κ3) is 3.09. The second-order valence-electron chi connectivity index (χ2n) is 6.21. The molecular weight excluding hydrogens is 353 g/mol. The lowest BCUT2D eigenvalue weighted by Gasteiger charge is -2.33. The summed E-state index contributed by atoms with van der Waals surface area (Å²) >= 11 is 6.13. The van der Waals surface area contributed by atoms with Gasteiger partial charge in [0.25, 0.3) is 0 Å². The van der Waals surface area contributed by atoms with Gasteiger partial charge in [0.15, 0.2) is 5.78 Å². The zero-order chi connectivity index (χ0) is 18.4. The third-order valence-corrected chi connectivity index (χ3v) is 4.96. The lowest BCUT2D eigenvalue weighted by Crippen LogP contribution is -2.30. The predicted octanol–water partition coefficient (Wildman–Crippen LogP) is 5.06. The molecule has 1 aromatic carbocycles. The number of Topliss-reactive ketones (excluding diaryl/α,β-unsaturated/α-hetero) is 1. The van der Waals surface area contributed by atoms with E-state index in [4.69, 9.17) is 11.6 Å². The zero-order valence-electron chi connectivity index (χ0n) is 13.3. The summed E-state index contributed by atoms with van der Waals surface area (Å²) in [6.45, 7) is 1.70. The number of carbonyl (C=O) groups excluding carboxylic acids is 1. The molecule has 7 heteroatoms. The Morgan fingerprint density at radius 3 is 2.64 bits per heavy atom. The first-order valence-corrected chi connectivity index (χ1v) is 8.19. The number of nitriles is 1. The van der Waals surface area contributed by atoms with Crippen LogP contribution >= 0.6 is 11.6 Å². The SMILES string of the molecule is CC1=NC2=C(C(=O)CCC2)[C@@H](c2ccc(C(F)(F)F)cc2Cl)C1C#N. The van der Waals surface area contributed by atoms with Gasteiger partial charge in [-0.2, -0.15) is 18.4 Å². The number of benzene rings is 1. The number of hydrogen-bond donors (Lipinski definition) is 0. The maximum Gasteiger partial charge on any atom is 0.416 e.